The van der Waals surface area contributed by atoms with E-state index in [4.69, 9.17) is 10.9 Å². The second-order valence-electron chi connectivity index (χ2n) is 5.98. The average molecular weight is 355 g/mol. The normalized spacial score (nSPS) is 17.7. The number of likely N-dealkylation sites (N-methyl/N-ethyl adjacent to an activating group) is 2. The number of hydrogen-bond donors (Lipinski definition) is 2. The third-order valence-electron chi connectivity index (χ3n) is 4.53. The Labute approximate surface area is 134 Å². The van der Waals surface area contributed by atoms with Crippen molar-refractivity contribution in [2.24, 2.45) is 10.9 Å². The molecular weight excluding hydrogens is 332 g/mol. The highest BCUT2D eigenvalue weighted by molar-refractivity contribution is 9.10. The molecule has 0 spiro atoms. The molecule has 1 fully saturated rings. The standard InChI is InChI=1S/C15H23BrN4O/c1-19(2)15(7-4-8-15)10-20(3)13-6-5-11(9-12(13)16)14(17)18-21/h5-6,9,21H,4,7-8,10H2,1-3H3,(H2,17,18). The molecule has 0 aliphatic heterocycles. The summed E-state index contributed by atoms with van der Waals surface area (Å²) in [7, 11) is 6.42. The van der Waals surface area contributed by atoms with E-state index in [-0.39, 0.29) is 11.4 Å². The highest BCUT2D eigenvalue weighted by atomic mass is 79.9. The Morgan fingerprint density at radius 3 is 2.48 bits per heavy atom. The van der Waals surface area contributed by atoms with Gasteiger partial charge < -0.3 is 20.7 Å². The fraction of sp³-hybridized carbons (Fsp3) is 0.533. The van der Waals surface area contributed by atoms with Gasteiger partial charge in [0.1, 0.15) is 0 Å². The predicted molar refractivity (Wildman–Crippen MR) is 90.2 cm³/mol. The average Bonchev–Trinajstić information content (AvgIpc) is 2.41. The molecule has 1 saturated carbocycles. The predicted octanol–water partition coefficient (Wildman–Crippen LogP) is 2.46. The van der Waals surface area contributed by atoms with E-state index < -0.39 is 0 Å². The Kier molecular flexibility index (Phi) is 4.78. The van der Waals surface area contributed by atoms with E-state index in [0.29, 0.717) is 5.56 Å². The minimum absolute atomic E-state index is 0.119. The van der Waals surface area contributed by atoms with Crippen LogP contribution in [0.3, 0.4) is 0 Å². The summed E-state index contributed by atoms with van der Waals surface area (Å²) >= 11 is 3.58. The molecule has 1 aromatic carbocycles. The number of anilines is 1. The first-order valence-electron chi connectivity index (χ1n) is 7.06. The van der Waals surface area contributed by atoms with E-state index in [1.54, 1.807) is 0 Å². The van der Waals surface area contributed by atoms with Gasteiger partial charge in [0, 0.05) is 29.2 Å². The Morgan fingerprint density at radius 2 is 2.05 bits per heavy atom. The number of benzene rings is 1. The Hall–Kier alpha value is -1.27. The first-order chi connectivity index (χ1) is 9.89. The Balaban J connectivity index is 2.18. The zero-order chi connectivity index (χ0) is 15.6. The lowest BCUT2D eigenvalue weighted by Gasteiger charge is -2.49. The molecule has 116 valence electrons. The van der Waals surface area contributed by atoms with Crippen LogP contribution in [0.25, 0.3) is 0 Å². The number of rotatable bonds is 5. The van der Waals surface area contributed by atoms with Crippen molar-refractivity contribution in [1.82, 2.24) is 4.90 Å². The SMILES string of the molecule is CN(CC1(N(C)C)CCC1)c1ccc(/C(N)=N/O)cc1Br. The lowest BCUT2D eigenvalue weighted by atomic mass is 9.75. The summed E-state index contributed by atoms with van der Waals surface area (Å²) in [6, 6.07) is 5.75. The van der Waals surface area contributed by atoms with Crippen LogP contribution in [0.2, 0.25) is 0 Å². The second kappa shape index (κ2) is 6.23. The van der Waals surface area contributed by atoms with Gasteiger partial charge in [-0.3, -0.25) is 0 Å². The van der Waals surface area contributed by atoms with E-state index in [1.807, 2.05) is 18.2 Å². The molecule has 1 aromatic rings. The molecule has 0 heterocycles. The molecule has 5 nitrogen and oxygen atoms in total. The van der Waals surface area contributed by atoms with Crippen molar-refractivity contribution < 1.29 is 5.21 Å². The van der Waals surface area contributed by atoms with E-state index in [2.05, 4.69) is 52.0 Å². The summed E-state index contributed by atoms with van der Waals surface area (Å²) in [6.45, 7) is 0.988. The fourth-order valence-electron chi connectivity index (χ4n) is 2.89. The number of amidine groups is 1. The molecule has 0 atom stereocenters. The molecule has 0 unspecified atom stereocenters. The van der Waals surface area contributed by atoms with Crippen LogP contribution in [-0.2, 0) is 0 Å². The van der Waals surface area contributed by atoms with Gasteiger partial charge in [0.15, 0.2) is 5.84 Å². The smallest absolute Gasteiger partial charge is 0.170 e. The Morgan fingerprint density at radius 1 is 1.38 bits per heavy atom. The van der Waals surface area contributed by atoms with Gasteiger partial charge in [0.05, 0.1) is 5.69 Å². The zero-order valence-electron chi connectivity index (χ0n) is 12.8. The third kappa shape index (κ3) is 3.16. The largest absolute Gasteiger partial charge is 0.409 e. The van der Waals surface area contributed by atoms with Crippen molar-refractivity contribution in [2.45, 2.75) is 24.8 Å². The quantitative estimate of drug-likeness (QED) is 0.369. The lowest BCUT2D eigenvalue weighted by molar-refractivity contribution is 0.0683. The first kappa shape index (κ1) is 16.1. The van der Waals surface area contributed by atoms with Crippen molar-refractivity contribution in [2.75, 3.05) is 32.6 Å². The number of halogens is 1. The van der Waals surface area contributed by atoms with Gasteiger partial charge in [0.25, 0.3) is 0 Å². The molecule has 21 heavy (non-hydrogen) atoms. The summed E-state index contributed by atoms with van der Waals surface area (Å²) in [5, 5.41) is 11.8. The summed E-state index contributed by atoms with van der Waals surface area (Å²) < 4.78 is 0.947. The Bertz CT molecular complexity index is 540. The minimum atomic E-state index is 0.119. The highest BCUT2D eigenvalue weighted by Crippen LogP contribution is 2.38. The number of nitrogens with zero attached hydrogens (tertiary/aromatic N) is 3. The van der Waals surface area contributed by atoms with Crippen molar-refractivity contribution >= 4 is 27.5 Å². The van der Waals surface area contributed by atoms with Crippen molar-refractivity contribution in [3.05, 3.63) is 28.2 Å². The summed E-state index contributed by atoms with van der Waals surface area (Å²) in [6.07, 6.45) is 3.78. The maximum absolute atomic E-state index is 8.74. The van der Waals surface area contributed by atoms with Gasteiger partial charge in [-0.1, -0.05) is 5.16 Å². The third-order valence-corrected chi connectivity index (χ3v) is 5.16. The van der Waals surface area contributed by atoms with E-state index in [9.17, 15) is 0 Å². The second-order valence-corrected chi connectivity index (χ2v) is 6.83. The van der Waals surface area contributed by atoms with Gasteiger partial charge in [-0.05, 0) is 67.5 Å². The molecule has 0 radical (unpaired) electrons. The molecule has 1 aliphatic rings. The highest BCUT2D eigenvalue weighted by Gasteiger charge is 2.40. The van der Waals surface area contributed by atoms with E-state index in [0.717, 1.165) is 16.7 Å². The lowest BCUT2D eigenvalue weighted by Crippen LogP contribution is -2.56. The van der Waals surface area contributed by atoms with Crippen LogP contribution in [0.1, 0.15) is 24.8 Å². The van der Waals surface area contributed by atoms with Crippen LogP contribution in [-0.4, -0.2) is 49.2 Å². The molecule has 0 amide bonds. The number of nitrogens with two attached hydrogens (primary N) is 1. The molecule has 2 rings (SSSR count). The zero-order valence-corrected chi connectivity index (χ0v) is 14.4. The molecular formula is C15H23BrN4O. The molecule has 0 bridgehead atoms. The number of hydrogen-bond acceptors (Lipinski definition) is 4. The molecule has 6 heteroatoms. The maximum Gasteiger partial charge on any atom is 0.170 e. The molecule has 1 aliphatic carbocycles. The summed E-state index contributed by atoms with van der Waals surface area (Å²) in [5.74, 6) is 0.119. The van der Waals surface area contributed by atoms with Crippen molar-refractivity contribution in [3.8, 4) is 0 Å². The fourth-order valence-corrected chi connectivity index (χ4v) is 3.57. The van der Waals surface area contributed by atoms with Crippen LogP contribution < -0.4 is 10.6 Å². The van der Waals surface area contributed by atoms with Crippen LogP contribution in [0.15, 0.2) is 27.8 Å². The minimum Gasteiger partial charge on any atom is -0.409 e. The van der Waals surface area contributed by atoms with Gasteiger partial charge in [-0.15, -0.1) is 0 Å². The molecule has 3 N–H and O–H groups in total. The van der Waals surface area contributed by atoms with Crippen LogP contribution in [0.5, 0.6) is 0 Å². The number of oxime groups is 1. The van der Waals surface area contributed by atoms with Crippen LogP contribution in [0.4, 0.5) is 5.69 Å². The van der Waals surface area contributed by atoms with Crippen LogP contribution >= 0.6 is 15.9 Å². The van der Waals surface area contributed by atoms with E-state index >= 15 is 0 Å². The topological polar surface area (TPSA) is 65.1 Å². The maximum atomic E-state index is 8.74. The van der Waals surface area contributed by atoms with Crippen molar-refractivity contribution in [3.63, 3.8) is 0 Å². The van der Waals surface area contributed by atoms with Crippen LogP contribution in [0, 0.1) is 0 Å². The first-order valence-corrected chi connectivity index (χ1v) is 7.85. The molecule has 0 aromatic heterocycles. The van der Waals surface area contributed by atoms with E-state index in [1.165, 1.54) is 19.3 Å². The monoisotopic (exact) mass is 354 g/mol. The van der Waals surface area contributed by atoms with Crippen molar-refractivity contribution in [1.29, 1.82) is 0 Å². The summed E-state index contributed by atoms with van der Waals surface area (Å²) in [4.78, 5) is 4.60. The van der Waals surface area contributed by atoms with Gasteiger partial charge in [0.2, 0.25) is 0 Å². The van der Waals surface area contributed by atoms with Gasteiger partial charge in [-0.25, -0.2) is 0 Å². The molecule has 0 saturated heterocycles. The van der Waals surface area contributed by atoms with Gasteiger partial charge >= 0.3 is 0 Å². The van der Waals surface area contributed by atoms with Gasteiger partial charge in [-0.2, -0.15) is 0 Å². The summed E-state index contributed by atoms with van der Waals surface area (Å²) in [5.41, 5.74) is 7.71.